The summed E-state index contributed by atoms with van der Waals surface area (Å²) >= 11 is 7.61. The van der Waals surface area contributed by atoms with Gasteiger partial charge in [0.2, 0.25) is 0 Å². The number of aromatic hydroxyl groups is 1. The van der Waals surface area contributed by atoms with Gasteiger partial charge in [-0.05, 0) is 30.0 Å². The summed E-state index contributed by atoms with van der Waals surface area (Å²) in [5.74, 6) is 0.437. The first kappa shape index (κ1) is 13.5. The van der Waals surface area contributed by atoms with Crippen molar-refractivity contribution in [1.82, 2.24) is 0 Å². The van der Waals surface area contributed by atoms with Crippen molar-refractivity contribution in [3.05, 3.63) is 29.3 Å². The highest BCUT2D eigenvalue weighted by molar-refractivity contribution is 8.08. The minimum atomic E-state index is 0.437. The van der Waals surface area contributed by atoms with Crippen molar-refractivity contribution in [2.45, 2.75) is 26.7 Å². The van der Waals surface area contributed by atoms with E-state index in [1.54, 1.807) is 6.07 Å². The topological polar surface area (TPSA) is 20.2 Å². The molecule has 0 radical (unpaired) electrons. The Bertz CT molecular complexity index is 285. The van der Waals surface area contributed by atoms with Crippen LogP contribution >= 0.6 is 24.8 Å². The lowest BCUT2D eigenvalue weighted by atomic mass is 10.0. The van der Waals surface area contributed by atoms with Crippen molar-refractivity contribution in [3.63, 3.8) is 0 Å². The fraction of sp³-hybridized carbons (Fsp3) is 0.364. The molecule has 1 nitrogen and oxygen atoms in total. The van der Waals surface area contributed by atoms with Gasteiger partial charge in [0.05, 0.1) is 0 Å². The Morgan fingerprint density at radius 3 is 2.29 bits per heavy atom. The second-order valence-electron chi connectivity index (χ2n) is 2.73. The molecule has 3 heteroatoms. The number of hydrogen-bond acceptors (Lipinski definition) is 2. The Kier molecular flexibility index (Phi) is 7.52. The monoisotopic (exact) mass is 228 g/mol. The van der Waals surface area contributed by atoms with Gasteiger partial charge in [0.25, 0.3) is 0 Å². The summed E-state index contributed by atoms with van der Waals surface area (Å²) in [6.45, 7) is 4.17. The molecule has 1 rings (SSSR count). The molecule has 1 aromatic carbocycles. The number of thiol groups is 1. The molecule has 0 aliphatic rings. The van der Waals surface area contributed by atoms with Crippen LogP contribution in [0.25, 0.3) is 0 Å². The van der Waals surface area contributed by atoms with E-state index in [4.69, 9.17) is 0 Å². The van der Waals surface area contributed by atoms with Crippen LogP contribution in [0.3, 0.4) is 0 Å². The molecular formula is C11H16OS2. The molecule has 0 saturated heterocycles. The maximum atomic E-state index is 9.42. The summed E-state index contributed by atoms with van der Waals surface area (Å²) < 4.78 is 1.28. The summed E-state index contributed by atoms with van der Waals surface area (Å²) in [5.41, 5.74) is 2.35. The van der Waals surface area contributed by atoms with E-state index in [0.717, 1.165) is 18.4 Å². The molecule has 0 saturated carbocycles. The molecule has 0 aliphatic carbocycles. The zero-order valence-corrected chi connectivity index (χ0v) is 10.2. The number of benzene rings is 1. The third kappa shape index (κ3) is 4.11. The molecule has 0 heterocycles. The van der Waals surface area contributed by atoms with Gasteiger partial charge in [0.15, 0.2) is 0 Å². The molecule has 1 aromatic rings. The van der Waals surface area contributed by atoms with Crippen LogP contribution in [0.1, 0.15) is 25.0 Å². The number of phenolic OH excluding ortho intramolecular Hbond substituents is 1. The first-order valence-electron chi connectivity index (χ1n) is 4.58. The number of phenols is 1. The lowest BCUT2D eigenvalue weighted by molar-refractivity contribution is 0.468. The van der Waals surface area contributed by atoms with E-state index in [1.807, 2.05) is 6.07 Å². The van der Waals surface area contributed by atoms with Gasteiger partial charge in [-0.1, -0.05) is 38.2 Å². The number of hydrogen-bond donors (Lipinski definition) is 2. The third-order valence-corrected chi connectivity index (χ3v) is 1.98. The van der Waals surface area contributed by atoms with Crippen LogP contribution in [0.5, 0.6) is 5.75 Å². The van der Waals surface area contributed by atoms with E-state index >= 15 is 0 Å². The highest BCUT2D eigenvalue weighted by Crippen LogP contribution is 2.21. The summed E-state index contributed by atoms with van der Waals surface area (Å²) in [4.78, 5) is 0. The minimum absolute atomic E-state index is 0.437. The zero-order chi connectivity index (χ0) is 11.0. The van der Waals surface area contributed by atoms with Crippen molar-refractivity contribution in [1.29, 1.82) is 0 Å². The Labute approximate surface area is 96.6 Å². The summed E-state index contributed by atoms with van der Waals surface area (Å²) in [7, 11) is 0. The zero-order valence-electron chi connectivity index (χ0n) is 8.53. The molecule has 0 spiro atoms. The Morgan fingerprint density at radius 2 is 1.93 bits per heavy atom. The highest BCUT2D eigenvalue weighted by atomic mass is 32.1. The van der Waals surface area contributed by atoms with Gasteiger partial charge in [-0.25, -0.2) is 0 Å². The lowest BCUT2D eigenvalue weighted by Gasteiger charge is -2.06. The van der Waals surface area contributed by atoms with Crippen LogP contribution in [0.15, 0.2) is 18.2 Å². The smallest absolute Gasteiger partial charge is 0.119 e. The quantitative estimate of drug-likeness (QED) is 0.598. The average Bonchev–Trinajstić information content (AvgIpc) is 2.18. The lowest BCUT2D eigenvalue weighted by Crippen LogP contribution is -1.90. The SMILES string of the molecule is CCc1cccc(O)c1CC.S=CS. The van der Waals surface area contributed by atoms with E-state index in [9.17, 15) is 5.11 Å². The van der Waals surface area contributed by atoms with E-state index < -0.39 is 0 Å². The minimum Gasteiger partial charge on any atom is -0.508 e. The summed E-state index contributed by atoms with van der Waals surface area (Å²) in [6, 6.07) is 5.71. The van der Waals surface area contributed by atoms with Crippen LogP contribution in [-0.2, 0) is 12.8 Å². The largest absolute Gasteiger partial charge is 0.508 e. The molecule has 1 N–H and O–H groups in total. The first-order valence-corrected chi connectivity index (χ1v) is 5.57. The third-order valence-electron chi connectivity index (χ3n) is 1.98. The van der Waals surface area contributed by atoms with Gasteiger partial charge in [-0.2, -0.15) is 0 Å². The van der Waals surface area contributed by atoms with Crippen molar-refractivity contribution < 1.29 is 5.11 Å². The van der Waals surface area contributed by atoms with Crippen molar-refractivity contribution >= 4 is 29.5 Å². The van der Waals surface area contributed by atoms with Crippen LogP contribution in [0, 0.1) is 0 Å². The van der Waals surface area contributed by atoms with E-state index in [0.29, 0.717) is 5.75 Å². The van der Waals surface area contributed by atoms with Crippen LogP contribution in [0.4, 0.5) is 0 Å². The predicted octanol–water partition coefficient (Wildman–Crippen LogP) is 3.39. The molecule has 0 atom stereocenters. The maximum absolute atomic E-state index is 9.42. The molecule has 0 amide bonds. The van der Waals surface area contributed by atoms with Crippen molar-refractivity contribution in [2.75, 3.05) is 0 Å². The molecule has 0 aliphatic heterocycles. The molecule has 0 aromatic heterocycles. The van der Waals surface area contributed by atoms with Crippen LogP contribution in [-0.4, -0.2) is 9.81 Å². The van der Waals surface area contributed by atoms with Crippen molar-refractivity contribution in [2.24, 2.45) is 0 Å². The Balaban J connectivity index is 0.000000500. The highest BCUT2D eigenvalue weighted by Gasteiger charge is 2.02. The predicted molar refractivity (Wildman–Crippen MR) is 69.5 cm³/mol. The fourth-order valence-corrected chi connectivity index (χ4v) is 1.36. The van der Waals surface area contributed by atoms with Gasteiger partial charge in [0.1, 0.15) is 5.75 Å². The second-order valence-corrected chi connectivity index (χ2v) is 3.57. The number of aryl methyl sites for hydroxylation is 1. The maximum Gasteiger partial charge on any atom is 0.119 e. The Morgan fingerprint density at radius 1 is 1.36 bits per heavy atom. The van der Waals surface area contributed by atoms with Gasteiger partial charge in [-0.3, -0.25) is 0 Å². The van der Waals surface area contributed by atoms with E-state index in [1.165, 1.54) is 10.3 Å². The van der Waals surface area contributed by atoms with Gasteiger partial charge in [-0.15, -0.1) is 12.6 Å². The molecule has 0 bridgehead atoms. The molecule has 0 unspecified atom stereocenters. The van der Waals surface area contributed by atoms with Crippen LogP contribution < -0.4 is 0 Å². The van der Waals surface area contributed by atoms with E-state index in [-0.39, 0.29) is 0 Å². The summed E-state index contributed by atoms with van der Waals surface area (Å²) in [6.07, 6.45) is 1.91. The normalized spacial score (nSPS) is 8.79. The average molecular weight is 228 g/mol. The van der Waals surface area contributed by atoms with Gasteiger partial charge >= 0.3 is 0 Å². The summed E-state index contributed by atoms with van der Waals surface area (Å²) in [5, 5.41) is 9.42. The molecule has 78 valence electrons. The van der Waals surface area contributed by atoms with Crippen molar-refractivity contribution in [3.8, 4) is 5.75 Å². The number of rotatable bonds is 2. The first-order chi connectivity index (χ1) is 6.71. The standard InChI is InChI=1S/C10H14O.CH2S2/c1-3-8-6-5-7-10(11)9(8)4-2;2-1-3/h5-7,11H,3-4H2,1-2H3;1H,(H,2,3). The molecule has 0 fully saturated rings. The number of thiocarbonyl (C=S) groups is 1. The molecule has 14 heavy (non-hydrogen) atoms. The molecular weight excluding hydrogens is 212 g/mol. The Hall–Kier alpha value is -0.540. The van der Waals surface area contributed by atoms with Gasteiger partial charge in [0, 0.05) is 4.70 Å². The van der Waals surface area contributed by atoms with Gasteiger partial charge < -0.3 is 5.11 Å². The second kappa shape index (κ2) is 7.83. The van der Waals surface area contributed by atoms with Crippen LogP contribution in [0.2, 0.25) is 0 Å². The fourth-order valence-electron chi connectivity index (χ4n) is 1.36. The van der Waals surface area contributed by atoms with E-state index in [2.05, 4.69) is 44.8 Å².